The first-order valence-corrected chi connectivity index (χ1v) is 9.82. The average molecular weight is 436 g/mol. The molecule has 0 spiro atoms. The molecule has 0 aliphatic carbocycles. The summed E-state index contributed by atoms with van der Waals surface area (Å²) in [6.45, 7) is 1.12. The van der Waals surface area contributed by atoms with E-state index >= 15 is 0 Å². The number of hydrogen-bond donors (Lipinski definition) is 0. The highest BCUT2D eigenvalue weighted by Gasteiger charge is 2.47. The van der Waals surface area contributed by atoms with Gasteiger partial charge >= 0.3 is 0 Å². The van der Waals surface area contributed by atoms with Crippen LogP contribution in [-0.4, -0.2) is 93.5 Å². The first-order valence-electron chi connectivity index (χ1n) is 9.82. The zero-order valence-corrected chi connectivity index (χ0v) is 16.9. The highest BCUT2D eigenvalue weighted by atomic mass is 19.3. The summed E-state index contributed by atoms with van der Waals surface area (Å²) in [7, 11) is 1.44. The van der Waals surface area contributed by atoms with Crippen LogP contribution in [0.5, 0.6) is 5.88 Å². The van der Waals surface area contributed by atoms with Gasteiger partial charge in [0.25, 0.3) is 17.7 Å². The molecule has 2 saturated heterocycles. The molecule has 0 radical (unpaired) electrons. The fourth-order valence-electron chi connectivity index (χ4n) is 3.72. The fraction of sp³-hybridized carbons (Fsp3) is 0.526. The fourth-order valence-corrected chi connectivity index (χ4v) is 3.72. The van der Waals surface area contributed by atoms with Crippen molar-refractivity contribution in [3.05, 3.63) is 35.8 Å². The van der Waals surface area contributed by atoms with Crippen molar-refractivity contribution in [2.75, 3.05) is 40.0 Å². The molecular formula is C19H22F2N6O4. The van der Waals surface area contributed by atoms with E-state index in [1.54, 1.807) is 4.90 Å². The van der Waals surface area contributed by atoms with Gasteiger partial charge in [0.15, 0.2) is 5.69 Å². The van der Waals surface area contributed by atoms with E-state index in [2.05, 4.69) is 15.3 Å². The zero-order valence-electron chi connectivity index (χ0n) is 16.9. The lowest BCUT2D eigenvalue weighted by Crippen LogP contribution is -2.40. The van der Waals surface area contributed by atoms with Gasteiger partial charge in [0, 0.05) is 31.8 Å². The maximum atomic E-state index is 14.2. The molecule has 0 unspecified atom stereocenters. The molecule has 31 heavy (non-hydrogen) atoms. The minimum Gasteiger partial charge on any atom is -0.481 e. The number of morpholine rings is 1. The van der Waals surface area contributed by atoms with E-state index < -0.39 is 30.8 Å². The first kappa shape index (κ1) is 21.1. The number of ether oxygens (including phenoxy) is 2. The number of amides is 2. The zero-order chi connectivity index (χ0) is 22.0. The highest BCUT2D eigenvalue weighted by Crippen LogP contribution is 2.33. The Labute approximate surface area is 176 Å². The molecule has 2 aromatic heterocycles. The summed E-state index contributed by atoms with van der Waals surface area (Å²) < 4.78 is 39.9. The topological polar surface area (TPSA) is 103 Å². The molecule has 4 rings (SSSR count). The van der Waals surface area contributed by atoms with E-state index in [1.165, 1.54) is 36.3 Å². The molecule has 10 nitrogen and oxygen atoms in total. The lowest BCUT2D eigenvalue weighted by Gasteiger charge is -2.25. The monoisotopic (exact) mass is 436 g/mol. The molecule has 0 bridgehead atoms. The van der Waals surface area contributed by atoms with Gasteiger partial charge in [0.05, 0.1) is 51.2 Å². The van der Waals surface area contributed by atoms with Gasteiger partial charge in [0.2, 0.25) is 5.88 Å². The number of nitrogens with zero attached hydrogens (tertiary/aromatic N) is 6. The largest absolute Gasteiger partial charge is 0.481 e. The molecule has 12 heteroatoms. The van der Waals surface area contributed by atoms with Crippen LogP contribution in [0.4, 0.5) is 8.78 Å². The second-order valence-electron chi connectivity index (χ2n) is 7.47. The third kappa shape index (κ3) is 4.63. The third-order valence-corrected chi connectivity index (χ3v) is 5.28. The van der Waals surface area contributed by atoms with Crippen LogP contribution in [0.2, 0.25) is 0 Å². The summed E-state index contributed by atoms with van der Waals surface area (Å²) in [5.74, 6) is -3.54. The first-order chi connectivity index (χ1) is 14.9. The Balaban J connectivity index is 1.47. The Morgan fingerprint density at radius 2 is 2.03 bits per heavy atom. The molecule has 1 atom stereocenters. The quantitative estimate of drug-likeness (QED) is 0.680. The Morgan fingerprint density at radius 1 is 1.26 bits per heavy atom. The summed E-state index contributed by atoms with van der Waals surface area (Å²) in [6.07, 6.45) is 2.21. The molecule has 2 amide bonds. The normalized spacial score (nSPS) is 20.7. The Bertz CT molecular complexity index is 945. The molecule has 2 aromatic rings. The predicted molar refractivity (Wildman–Crippen MR) is 102 cm³/mol. The highest BCUT2D eigenvalue weighted by molar-refractivity contribution is 5.94. The number of hydrogen-bond acceptors (Lipinski definition) is 7. The number of pyridine rings is 1. The van der Waals surface area contributed by atoms with E-state index in [9.17, 15) is 18.4 Å². The Morgan fingerprint density at radius 3 is 2.71 bits per heavy atom. The standard InChI is InChI=1S/C19H22F2N6O4/c1-30-16-3-2-13(9-22-16)17(28)27-12-19(20,21)8-14(27)10-26-11-15(23-24-26)18(29)25-4-6-31-7-5-25/h2-3,9,11,14H,4-8,10,12H2,1H3/t14-/m0/s1. The molecule has 2 aliphatic heterocycles. The number of methoxy groups -OCH3 is 1. The molecule has 0 N–H and O–H groups in total. The molecule has 4 heterocycles. The van der Waals surface area contributed by atoms with Crippen LogP contribution in [0.3, 0.4) is 0 Å². The van der Waals surface area contributed by atoms with E-state index in [1.807, 2.05) is 0 Å². The number of carbonyl (C=O) groups is 2. The lowest BCUT2D eigenvalue weighted by atomic mass is 10.1. The van der Waals surface area contributed by atoms with Crippen LogP contribution in [-0.2, 0) is 11.3 Å². The molecule has 0 saturated carbocycles. The van der Waals surface area contributed by atoms with Gasteiger partial charge in [-0.15, -0.1) is 5.10 Å². The number of halogens is 2. The summed E-state index contributed by atoms with van der Waals surface area (Å²) in [4.78, 5) is 32.1. The van der Waals surface area contributed by atoms with Gasteiger partial charge in [-0.25, -0.2) is 18.4 Å². The smallest absolute Gasteiger partial charge is 0.276 e. The van der Waals surface area contributed by atoms with Gasteiger partial charge in [-0.3, -0.25) is 9.59 Å². The molecule has 2 fully saturated rings. The van der Waals surface area contributed by atoms with Crippen LogP contribution >= 0.6 is 0 Å². The van der Waals surface area contributed by atoms with Crippen LogP contribution < -0.4 is 4.74 Å². The third-order valence-electron chi connectivity index (χ3n) is 5.28. The maximum Gasteiger partial charge on any atom is 0.276 e. The number of alkyl halides is 2. The predicted octanol–water partition coefficient (Wildman–Crippen LogP) is 0.704. The van der Waals surface area contributed by atoms with Gasteiger partial charge in [0.1, 0.15) is 0 Å². The number of likely N-dealkylation sites (tertiary alicyclic amines) is 1. The van der Waals surface area contributed by atoms with Crippen LogP contribution in [0, 0.1) is 0 Å². The summed E-state index contributed by atoms with van der Waals surface area (Å²) >= 11 is 0. The Kier molecular flexibility index (Phi) is 5.81. The SMILES string of the molecule is COc1ccc(C(=O)N2CC(F)(F)C[C@H]2Cn2cc(C(=O)N3CCOCC3)nn2)cn1. The molecule has 166 valence electrons. The van der Waals surface area contributed by atoms with Crippen molar-refractivity contribution in [3.8, 4) is 5.88 Å². The minimum absolute atomic E-state index is 0.00565. The number of aromatic nitrogens is 4. The summed E-state index contributed by atoms with van der Waals surface area (Å²) in [5.41, 5.74) is 0.314. The Hall–Kier alpha value is -3.15. The van der Waals surface area contributed by atoms with Crippen molar-refractivity contribution in [2.45, 2.75) is 24.9 Å². The van der Waals surface area contributed by atoms with Crippen LogP contribution in [0.1, 0.15) is 27.3 Å². The van der Waals surface area contributed by atoms with Crippen LogP contribution in [0.15, 0.2) is 24.5 Å². The van der Waals surface area contributed by atoms with E-state index in [4.69, 9.17) is 9.47 Å². The van der Waals surface area contributed by atoms with Crippen molar-refractivity contribution >= 4 is 11.8 Å². The molecule has 2 aliphatic rings. The van der Waals surface area contributed by atoms with Crippen molar-refractivity contribution in [1.82, 2.24) is 29.8 Å². The second-order valence-corrected chi connectivity index (χ2v) is 7.47. The van der Waals surface area contributed by atoms with Crippen LogP contribution in [0.25, 0.3) is 0 Å². The van der Waals surface area contributed by atoms with E-state index in [-0.39, 0.29) is 23.7 Å². The van der Waals surface area contributed by atoms with Crippen molar-refractivity contribution in [2.24, 2.45) is 0 Å². The maximum absolute atomic E-state index is 14.2. The average Bonchev–Trinajstić information content (AvgIpc) is 3.37. The number of rotatable bonds is 5. The second kappa shape index (κ2) is 8.53. The van der Waals surface area contributed by atoms with Crippen molar-refractivity contribution < 1.29 is 27.8 Å². The van der Waals surface area contributed by atoms with Gasteiger partial charge < -0.3 is 19.3 Å². The van der Waals surface area contributed by atoms with Gasteiger partial charge in [-0.2, -0.15) is 0 Å². The van der Waals surface area contributed by atoms with E-state index in [0.717, 1.165) is 4.90 Å². The lowest BCUT2D eigenvalue weighted by molar-refractivity contribution is 0.0117. The molecule has 0 aromatic carbocycles. The summed E-state index contributed by atoms with van der Waals surface area (Å²) in [5, 5.41) is 7.79. The molecular weight excluding hydrogens is 414 g/mol. The summed E-state index contributed by atoms with van der Waals surface area (Å²) in [6, 6.07) is 2.17. The van der Waals surface area contributed by atoms with Gasteiger partial charge in [-0.05, 0) is 6.07 Å². The van der Waals surface area contributed by atoms with Crippen molar-refractivity contribution in [3.63, 3.8) is 0 Å². The minimum atomic E-state index is -3.02. The van der Waals surface area contributed by atoms with Gasteiger partial charge in [-0.1, -0.05) is 5.21 Å². The van der Waals surface area contributed by atoms with Crippen molar-refractivity contribution in [1.29, 1.82) is 0 Å². The van der Waals surface area contributed by atoms with E-state index in [0.29, 0.717) is 32.2 Å². The number of carbonyl (C=O) groups excluding carboxylic acids is 2.